The van der Waals surface area contributed by atoms with Gasteiger partial charge in [0, 0.05) is 11.3 Å². The first-order valence-electron chi connectivity index (χ1n) is 5.62. The Hall–Kier alpha value is -0.0900. The van der Waals surface area contributed by atoms with Crippen molar-refractivity contribution in [2.45, 2.75) is 36.0 Å². The fraction of sp³-hybridized carbons (Fsp3) is 0.500. The largest absolute Gasteiger partial charge is 0.327 e. The maximum absolute atomic E-state index is 12.5. The van der Waals surface area contributed by atoms with E-state index in [0.29, 0.717) is 14.9 Å². The van der Waals surface area contributed by atoms with Gasteiger partial charge in [0.1, 0.15) is 0 Å². The normalized spacial score (nSPS) is 30.5. The Kier molecular flexibility index (Phi) is 4.14. The van der Waals surface area contributed by atoms with Gasteiger partial charge in [-0.15, -0.1) is 0 Å². The van der Waals surface area contributed by atoms with Crippen LogP contribution in [0.2, 0.25) is 10.0 Å². The van der Waals surface area contributed by atoms with Crippen LogP contribution in [0, 0.1) is 5.92 Å². The first kappa shape index (κ1) is 13.3. The minimum atomic E-state index is -1.18. The fourth-order valence-electron chi connectivity index (χ4n) is 2.29. The molecule has 0 amide bonds. The average molecular weight is 292 g/mol. The molecule has 94 valence electrons. The number of hydrogen-bond acceptors (Lipinski definition) is 2. The molecule has 17 heavy (non-hydrogen) atoms. The van der Waals surface area contributed by atoms with Gasteiger partial charge in [0.25, 0.3) is 0 Å². The molecule has 5 heteroatoms. The smallest absolute Gasteiger partial charge is 0.0763 e. The molecule has 0 spiro atoms. The lowest BCUT2D eigenvalue weighted by Crippen LogP contribution is -2.29. The van der Waals surface area contributed by atoms with E-state index in [0.717, 1.165) is 12.8 Å². The minimum absolute atomic E-state index is 0.0578. The van der Waals surface area contributed by atoms with E-state index in [2.05, 4.69) is 0 Å². The van der Waals surface area contributed by atoms with Crippen molar-refractivity contribution in [1.82, 2.24) is 0 Å². The number of hydrogen-bond donors (Lipinski definition) is 1. The van der Waals surface area contributed by atoms with E-state index in [1.807, 2.05) is 6.92 Å². The molecule has 0 aromatic heterocycles. The molecule has 0 saturated heterocycles. The van der Waals surface area contributed by atoms with Crippen LogP contribution in [0.25, 0.3) is 0 Å². The lowest BCUT2D eigenvalue weighted by molar-refractivity contribution is 0.526. The van der Waals surface area contributed by atoms with Gasteiger partial charge in [-0.25, -0.2) is 0 Å². The molecule has 1 saturated carbocycles. The Balaban J connectivity index is 2.32. The second-order valence-corrected chi connectivity index (χ2v) is 6.91. The lowest BCUT2D eigenvalue weighted by atomic mass is 10.1. The van der Waals surface area contributed by atoms with E-state index in [1.54, 1.807) is 18.2 Å². The van der Waals surface area contributed by atoms with Gasteiger partial charge in [-0.3, -0.25) is 4.21 Å². The number of benzene rings is 1. The van der Waals surface area contributed by atoms with Crippen LogP contribution in [0.4, 0.5) is 0 Å². The van der Waals surface area contributed by atoms with Gasteiger partial charge in [-0.2, -0.15) is 0 Å². The Labute approximate surface area is 114 Å². The molecule has 1 aliphatic rings. The van der Waals surface area contributed by atoms with Crippen LogP contribution in [-0.4, -0.2) is 15.5 Å². The maximum Gasteiger partial charge on any atom is 0.0763 e. The van der Waals surface area contributed by atoms with Gasteiger partial charge in [0.15, 0.2) is 0 Å². The Bertz CT molecular complexity index is 432. The van der Waals surface area contributed by atoms with E-state index < -0.39 is 10.8 Å². The first-order chi connectivity index (χ1) is 8.02. The van der Waals surface area contributed by atoms with E-state index in [4.69, 9.17) is 28.9 Å². The van der Waals surface area contributed by atoms with Crippen molar-refractivity contribution in [2.75, 3.05) is 0 Å². The number of halogens is 2. The minimum Gasteiger partial charge on any atom is -0.327 e. The summed E-state index contributed by atoms with van der Waals surface area (Å²) in [6.07, 6.45) is 1.79. The van der Waals surface area contributed by atoms with Crippen molar-refractivity contribution in [3.05, 3.63) is 28.2 Å². The zero-order valence-electron chi connectivity index (χ0n) is 9.53. The summed E-state index contributed by atoms with van der Waals surface area (Å²) >= 11 is 12.2. The van der Waals surface area contributed by atoms with Crippen LogP contribution in [0.15, 0.2) is 23.1 Å². The monoisotopic (exact) mass is 291 g/mol. The second-order valence-electron chi connectivity index (χ2n) is 4.49. The number of rotatable bonds is 2. The molecule has 1 aromatic rings. The third-order valence-electron chi connectivity index (χ3n) is 3.44. The molecular weight excluding hydrogens is 277 g/mol. The molecule has 0 heterocycles. The Morgan fingerprint density at radius 3 is 2.35 bits per heavy atom. The van der Waals surface area contributed by atoms with Crippen molar-refractivity contribution in [3.63, 3.8) is 0 Å². The molecule has 4 atom stereocenters. The van der Waals surface area contributed by atoms with Crippen LogP contribution in [0.5, 0.6) is 0 Å². The molecule has 2 N–H and O–H groups in total. The maximum atomic E-state index is 12.5. The highest BCUT2D eigenvalue weighted by Gasteiger charge is 2.36. The van der Waals surface area contributed by atoms with Gasteiger partial charge < -0.3 is 5.73 Å². The van der Waals surface area contributed by atoms with Crippen LogP contribution in [0.1, 0.15) is 19.8 Å². The summed E-state index contributed by atoms with van der Waals surface area (Å²) in [5.74, 6) is 0.239. The summed E-state index contributed by atoms with van der Waals surface area (Å²) in [5, 5.41) is 1.01. The van der Waals surface area contributed by atoms with E-state index in [9.17, 15) is 4.21 Å². The third kappa shape index (κ3) is 2.53. The molecule has 2 rings (SSSR count). The summed E-state index contributed by atoms with van der Waals surface area (Å²) in [7, 11) is -1.18. The van der Waals surface area contributed by atoms with Crippen LogP contribution < -0.4 is 5.73 Å². The molecule has 2 nitrogen and oxygen atoms in total. The second kappa shape index (κ2) is 5.27. The van der Waals surface area contributed by atoms with Crippen molar-refractivity contribution in [3.8, 4) is 0 Å². The van der Waals surface area contributed by atoms with Gasteiger partial charge >= 0.3 is 0 Å². The SMILES string of the molecule is CC1C(N)CCC1S(=O)c1c(Cl)cccc1Cl. The summed E-state index contributed by atoms with van der Waals surface area (Å²) in [5.41, 5.74) is 5.96. The molecule has 1 aliphatic carbocycles. The van der Waals surface area contributed by atoms with Crippen molar-refractivity contribution < 1.29 is 4.21 Å². The molecule has 1 fully saturated rings. The van der Waals surface area contributed by atoms with Gasteiger partial charge in [0.05, 0.1) is 25.7 Å². The molecule has 1 aromatic carbocycles. The topological polar surface area (TPSA) is 43.1 Å². The van der Waals surface area contributed by atoms with E-state index >= 15 is 0 Å². The highest BCUT2D eigenvalue weighted by atomic mass is 35.5. The third-order valence-corrected chi connectivity index (χ3v) is 6.35. The van der Waals surface area contributed by atoms with Crippen molar-refractivity contribution >= 4 is 34.0 Å². The van der Waals surface area contributed by atoms with Crippen LogP contribution >= 0.6 is 23.2 Å². The lowest BCUT2D eigenvalue weighted by Gasteiger charge is -2.18. The quantitative estimate of drug-likeness (QED) is 0.909. The average Bonchev–Trinajstić information content (AvgIpc) is 2.59. The van der Waals surface area contributed by atoms with Crippen LogP contribution in [-0.2, 0) is 10.8 Å². The van der Waals surface area contributed by atoms with Gasteiger partial charge in [0.2, 0.25) is 0 Å². The predicted octanol–water partition coefficient (Wildman–Crippen LogP) is 3.23. The number of nitrogens with two attached hydrogens (primary N) is 1. The summed E-state index contributed by atoms with van der Waals surface area (Å²) < 4.78 is 12.5. The molecule has 0 radical (unpaired) electrons. The van der Waals surface area contributed by atoms with E-state index in [-0.39, 0.29) is 17.2 Å². The summed E-state index contributed by atoms with van der Waals surface area (Å²) in [6, 6.07) is 5.33. The molecule has 0 bridgehead atoms. The molecular formula is C12H15Cl2NOS. The zero-order valence-corrected chi connectivity index (χ0v) is 11.9. The summed E-state index contributed by atoms with van der Waals surface area (Å²) in [6.45, 7) is 2.05. The fourth-order valence-corrected chi connectivity index (χ4v) is 4.91. The van der Waals surface area contributed by atoms with E-state index in [1.165, 1.54) is 0 Å². The highest BCUT2D eigenvalue weighted by molar-refractivity contribution is 7.86. The standard InChI is InChI=1S/C12H15Cl2NOS/c1-7-10(15)5-6-11(7)17(16)12-8(13)3-2-4-9(12)14/h2-4,7,10-11H,5-6,15H2,1H3. The van der Waals surface area contributed by atoms with Gasteiger partial charge in [-0.1, -0.05) is 36.2 Å². The molecule has 4 unspecified atom stereocenters. The summed E-state index contributed by atoms with van der Waals surface area (Å²) in [4.78, 5) is 0.557. The zero-order chi connectivity index (χ0) is 12.6. The van der Waals surface area contributed by atoms with Crippen molar-refractivity contribution in [2.24, 2.45) is 11.7 Å². The Morgan fingerprint density at radius 2 is 1.88 bits per heavy atom. The first-order valence-corrected chi connectivity index (χ1v) is 7.59. The highest BCUT2D eigenvalue weighted by Crippen LogP contribution is 2.36. The van der Waals surface area contributed by atoms with Crippen molar-refractivity contribution in [1.29, 1.82) is 0 Å². The predicted molar refractivity (Wildman–Crippen MR) is 73.0 cm³/mol. The Morgan fingerprint density at radius 1 is 1.29 bits per heavy atom. The van der Waals surface area contributed by atoms with Gasteiger partial charge in [-0.05, 0) is 30.9 Å². The molecule has 0 aliphatic heterocycles. The van der Waals surface area contributed by atoms with Crippen LogP contribution in [0.3, 0.4) is 0 Å².